The molecule has 6 nitrogen and oxygen atoms in total. The summed E-state index contributed by atoms with van der Waals surface area (Å²) in [4.78, 5) is 8.14. The molecule has 1 atom stereocenters. The molecule has 0 bridgehead atoms. The first kappa shape index (κ1) is 17.5. The first-order valence-electron chi connectivity index (χ1n) is 9.18. The smallest absolute Gasteiger partial charge is 0.214 e. The van der Waals surface area contributed by atoms with Gasteiger partial charge in [-0.15, -0.1) is 5.10 Å². The van der Waals surface area contributed by atoms with E-state index in [1.54, 1.807) is 11.3 Å². The Morgan fingerprint density at radius 1 is 1.19 bits per heavy atom. The number of nitrogens with zero attached hydrogens (tertiary/aromatic N) is 4. The molecule has 0 radical (unpaired) electrons. The number of anilines is 1. The van der Waals surface area contributed by atoms with E-state index in [0.29, 0.717) is 12.0 Å². The van der Waals surface area contributed by atoms with Crippen molar-refractivity contribution in [2.75, 3.05) is 38.2 Å². The number of rotatable bonds is 6. The number of morpholine rings is 1. The van der Waals surface area contributed by atoms with E-state index >= 15 is 0 Å². The molecule has 7 heteroatoms. The van der Waals surface area contributed by atoms with Crippen LogP contribution in [0.3, 0.4) is 0 Å². The maximum atomic E-state index is 5.49. The molecule has 1 aromatic carbocycles. The monoisotopic (exact) mass is 371 g/mol. The van der Waals surface area contributed by atoms with E-state index in [2.05, 4.69) is 41.3 Å². The van der Waals surface area contributed by atoms with E-state index in [4.69, 9.17) is 9.72 Å². The number of hydrogen-bond donors (Lipinski definition) is 1. The molecule has 0 aliphatic carbocycles. The highest BCUT2D eigenvalue weighted by Crippen LogP contribution is 2.24. The van der Waals surface area contributed by atoms with Crippen molar-refractivity contribution in [3.8, 4) is 11.3 Å². The number of nitrogens with one attached hydrogen (secondary N) is 1. The molecule has 1 saturated heterocycles. The van der Waals surface area contributed by atoms with Crippen molar-refractivity contribution in [2.45, 2.75) is 19.9 Å². The van der Waals surface area contributed by atoms with Crippen molar-refractivity contribution in [1.82, 2.24) is 19.5 Å². The summed E-state index contributed by atoms with van der Waals surface area (Å²) in [7, 11) is 0. The second-order valence-corrected chi connectivity index (χ2v) is 7.92. The molecular formula is C19H25N5OS. The summed E-state index contributed by atoms with van der Waals surface area (Å²) in [5.41, 5.74) is 2.08. The van der Waals surface area contributed by atoms with Crippen molar-refractivity contribution in [3.63, 3.8) is 0 Å². The van der Waals surface area contributed by atoms with E-state index in [-0.39, 0.29) is 0 Å². The van der Waals surface area contributed by atoms with Crippen molar-refractivity contribution >= 4 is 21.4 Å². The Labute approximate surface area is 157 Å². The van der Waals surface area contributed by atoms with Gasteiger partial charge >= 0.3 is 0 Å². The molecule has 0 spiro atoms. The third kappa shape index (κ3) is 3.75. The Balaban J connectivity index is 1.44. The first-order chi connectivity index (χ1) is 12.7. The van der Waals surface area contributed by atoms with Gasteiger partial charge in [0.2, 0.25) is 10.1 Å². The van der Waals surface area contributed by atoms with Crippen LogP contribution >= 0.6 is 11.3 Å². The van der Waals surface area contributed by atoms with E-state index in [0.717, 1.165) is 54.2 Å². The van der Waals surface area contributed by atoms with E-state index < -0.39 is 0 Å². The lowest BCUT2D eigenvalue weighted by Crippen LogP contribution is -2.49. The van der Waals surface area contributed by atoms with Crippen LogP contribution in [0.25, 0.3) is 16.2 Å². The van der Waals surface area contributed by atoms with Crippen LogP contribution in [0, 0.1) is 5.92 Å². The van der Waals surface area contributed by atoms with Gasteiger partial charge in [0.05, 0.1) is 25.1 Å². The highest BCUT2D eigenvalue weighted by atomic mass is 32.1. The zero-order valence-corrected chi connectivity index (χ0v) is 16.1. The Morgan fingerprint density at radius 2 is 1.96 bits per heavy atom. The van der Waals surface area contributed by atoms with Gasteiger partial charge in [0.25, 0.3) is 0 Å². The molecule has 0 amide bonds. The number of imidazole rings is 1. The van der Waals surface area contributed by atoms with Gasteiger partial charge in [-0.05, 0) is 5.92 Å². The van der Waals surface area contributed by atoms with Crippen LogP contribution in [0.4, 0.5) is 5.13 Å². The lowest BCUT2D eigenvalue weighted by molar-refractivity contribution is 0.00954. The molecule has 0 unspecified atom stereocenters. The van der Waals surface area contributed by atoms with Gasteiger partial charge in [0.15, 0.2) is 0 Å². The van der Waals surface area contributed by atoms with Crippen LogP contribution in [0.1, 0.15) is 13.8 Å². The standard InChI is InChI=1S/C19H25N5OS/c1-14(2)17(23-8-10-25-11-9-23)12-20-18-22-24-13-16(21-19(24)26-18)15-6-4-3-5-7-15/h3-7,13-14,17H,8-12H2,1-2H3,(H,20,22)/t17-/m1/s1. The van der Waals surface area contributed by atoms with Crippen LogP contribution in [0.15, 0.2) is 36.5 Å². The van der Waals surface area contributed by atoms with Crippen LogP contribution < -0.4 is 5.32 Å². The van der Waals surface area contributed by atoms with Crippen molar-refractivity contribution in [1.29, 1.82) is 0 Å². The van der Waals surface area contributed by atoms with Crippen molar-refractivity contribution in [3.05, 3.63) is 36.5 Å². The van der Waals surface area contributed by atoms with Crippen molar-refractivity contribution in [2.24, 2.45) is 5.92 Å². The first-order valence-corrected chi connectivity index (χ1v) is 9.99. The van der Waals surface area contributed by atoms with Gasteiger partial charge < -0.3 is 10.1 Å². The molecule has 138 valence electrons. The molecule has 1 aliphatic heterocycles. The quantitative estimate of drug-likeness (QED) is 0.721. The summed E-state index contributed by atoms with van der Waals surface area (Å²) in [6, 6.07) is 10.7. The van der Waals surface area contributed by atoms with E-state index in [1.807, 2.05) is 28.9 Å². The minimum absolute atomic E-state index is 0.481. The molecule has 1 fully saturated rings. The molecule has 2 aromatic heterocycles. The van der Waals surface area contributed by atoms with Crippen LogP contribution in [0.2, 0.25) is 0 Å². The fraction of sp³-hybridized carbons (Fsp3) is 0.474. The molecule has 1 aliphatic rings. The molecule has 1 N–H and O–H groups in total. The van der Waals surface area contributed by atoms with Crippen molar-refractivity contribution < 1.29 is 4.74 Å². The number of aromatic nitrogens is 3. The van der Waals surface area contributed by atoms with Gasteiger partial charge in [0, 0.05) is 31.2 Å². The van der Waals surface area contributed by atoms with E-state index in [9.17, 15) is 0 Å². The predicted octanol–water partition coefficient (Wildman–Crippen LogP) is 3.23. The third-order valence-corrected chi connectivity index (χ3v) is 5.74. The van der Waals surface area contributed by atoms with Gasteiger partial charge in [-0.1, -0.05) is 55.5 Å². The maximum Gasteiger partial charge on any atom is 0.214 e. The number of benzene rings is 1. The fourth-order valence-electron chi connectivity index (χ4n) is 3.41. The van der Waals surface area contributed by atoms with Gasteiger partial charge in [-0.2, -0.15) is 0 Å². The fourth-order valence-corrected chi connectivity index (χ4v) is 4.20. The Morgan fingerprint density at radius 3 is 2.65 bits per heavy atom. The summed E-state index contributed by atoms with van der Waals surface area (Å²) < 4.78 is 7.36. The largest absolute Gasteiger partial charge is 0.379 e. The summed E-state index contributed by atoms with van der Waals surface area (Å²) in [5, 5.41) is 9.10. The number of hydrogen-bond acceptors (Lipinski definition) is 6. The summed E-state index contributed by atoms with van der Waals surface area (Å²) in [6.45, 7) is 9.12. The summed E-state index contributed by atoms with van der Waals surface area (Å²) in [6.07, 6.45) is 1.99. The average Bonchev–Trinajstić information content (AvgIpc) is 3.22. The lowest BCUT2D eigenvalue weighted by Gasteiger charge is -2.36. The molecular weight excluding hydrogens is 346 g/mol. The Kier molecular flexibility index (Phi) is 5.19. The predicted molar refractivity (Wildman–Crippen MR) is 106 cm³/mol. The van der Waals surface area contributed by atoms with Gasteiger partial charge in [-0.3, -0.25) is 4.90 Å². The van der Waals surface area contributed by atoms with Crippen LogP contribution in [-0.4, -0.2) is 58.4 Å². The highest BCUT2D eigenvalue weighted by molar-refractivity contribution is 7.20. The number of ether oxygens (including phenoxy) is 1. The second kappa shape index (κ2) is 7.73. The minimum atomic E-state index is 0.481. The van der Waals surface area contributed by atoms with Crippen LogP contribution in [0.5, 0.6) is 0 Å². The van der Waals surface area contributed by atoms with Gasteiger partial charge in [-0.25, -0.2) is 9.50 Å². The molecule has 26 heavy (non-hydrogen) atoms. The maximum absolute atomic E-state index is 5.49. The SMILES string of the molecule is CC(C)[C@@H](CNc1nn2cc(-c3ccccc3)nc2s1)N1CCOCC1. The van der Waals surface area contributed by atoms with Crippen LogP contribution in [-0.2, 0) is 4.74 Å². The Bertz CT molecular complexity index is 807. The third-order valence-electron chi connectivity index (χ3n) is 4.86. The zero-order chi connectivity index (χ0) is 17.9. The minimum Gasteiger partial charge on any atom is -0.379 e. The average molecular weight is 372 g/mol. The normalized spacial score (nSPS) is 17.0. The second-order valence-electron chi connectivity index (χ2n) is 6.97. The van der Waals surface area contributed by atoms with Gasteiger partial charge in [0.1, 0.15) is 0 Å². The Hall–Kier alpha value is -1.96. The highest BCUT2D eigenvalue weighted by Gasteiger charge is 2.24. The summed E-state index contributed by atoms with van der Waals surface area (Å²) >= 11 is 1.60. The van der Waals surface area contributed by atoms with E-state index in [1.165, 1.54) is 0 Å². The molecule has 4 rings (SSSR count). The summed E-state index contributed by atoms with van der Waals surface area (Å²) in [5.74, 6) is 0.578. The zero-order valence-electron chi connectivity index (χ0n) is 15.3. The molecule has 3 heterocycles. The molecule has 3 aromatic rings. The number of fused-ring (bicyclic) bond motifs is 1. The molecule has 0 saturated carbocycles. The topological polar surface area (TPSA) is 54.7 Å². The lowest BCUT2D eigenvalue weighted by atomic mass is 10.0.